The Hall–Kier alpha value is -3.35. The first kappa shape index (κ1) is 23.8. The van der Waals surface area contributed by atoms with Crippen molar-refractivity contribution in [3.05, 3.63) is 59.7 Å². The molecule has 1 fully saturated rings. The molecule has 34 heavy (non-hydrogen) atoms. The smallest absolute Gasteiger partial charge is 0.407 e. The number of rotatable bonds is 9. The molecule has 180 valence electrons. The Morgan fingerprint density at radius 1 is 1.03 bits per heavy atom. The first-order chi connectivity index (χ1) is 16.5. The van der Waals surface area contributed by atoms with E-state index in [1.54, 1.807) is 0 Å². The average Bonchev–Trinajstić information content (AvgIpc) is 3.40. The predicted molar refractivity (Wildman–Crippen MR) is 128 cm³/mol. The third-order valence-electron chi connectivity index (χ3n) is 6.91. The van der Waals surface area contributed by atoms with Gasteiger partial charge in [-0.2, -0.15) is 0 Å². The van der Waals surface area contributed by atoms with Gasteiger partial charge in [-0.15, -0.1) is 0 Å². The molecule has 0 aromatic heterocycles. The molecule has 2 aliphatic carbocycles. The Balaban J connectivity index is 1.33. The highest BCUT2D eigenvalue weighted by molar-refractivity contribution is 5.80. The number of carboxylic acids is 1. The fraction of sp³-hybridized carbons (Fsp3) is 0.444. The molecule has 2 aromatic rings. The number of carboxylic acid groups (broad SMARTS) is 1. The second-order valence-electron chi connectivity index (χ2n) is 9.21. The molecule has 4 rings (SSSR count). The molecule has 0 saturated heterocycles. The van der Waals surface area contributed by atoms with Crippen molar-refractivity contribution in [1.29, 1.82) is 0 Å². The van der Waals surface area contributed by atoms with Crippen LogP contribution in [0, 0.1) is 5.92 Å². The van der Waals surface area contributed by atoms with Crippen molar-refractivity contribution in [2.75, 3.05) is 6.61 Å². The van der Waals surface area contributed by atoms with E-state index in [1.165, 1.54) is 11.1 Å². The van der Waals surface area contributed by atoms with Crippen molar-refractivity contribution in [2.24, 2.45) is 5.92 Å². The molecule has 0 radical (unpaired) electrons. The van der Waals surface area contributed by atoms with E-state index in [1.807, 2.05) is 31.2 Å². The molecule has 1 saturated carbocycles. The van der Waals surface area contributed by atoms with Gasteiger partial charge in [0.2, 0.25) is 5.91 Å². The summed E-state index contributed by atoms with van der Waals surface area (Å²) >= 11 is 0. The molecule has 2 aromatic carbocycles. The molecule has 0 aliphatic heterocycles. The highest BCUT2D eigenvalue weighted by Gasteiger charge is 2.34. The second-order valence-corrected chi connectivity index (χ2v) is 9.21. The van der Waals surface area contributed by atoms with Gasteiger partial charge in [0, 0.05) is 24.4 Å². The Morgan fingerprint density at radius 3 is 2.29 bits per heavy atom. The summed E-state index contributed by atoms with van der Waals surface area (Å²) in [6.45, 7) is 2.20. The normalized spacial score (nSPS) is 19.7. The summed E-state index contributed by atoms with van der Waals surface area (Å²) in [7, 11) is 0. The minimum atomic E-state index is -0.871. The number of benzene rings is 2. The van der Waals surface area contributed by atoms with Crippen molar-refractivity contribution in [3.63, 3.8) is 0 Å². The quantitative estimate of drug-likeness (QED) is 0.508. The molecular formula is C27H32N2O5. The zero-order valence-electron chi connectivity index (χ0n) is 19.5. The Kier molecular flexibility index (Phi) is 7.50. The van der Waals surface area contributed by atoms with Crippen LogP contribution < -0.4 is 10.6 Å². The van der Waals surface area contributed by atoms with Crippen molar-refractivity contribution in [3.8, 4) is 11.1 Å². The summed E-state index contributed by atoms with van der Waals surface area (Å²) in [6.07, 6.45) is 3.02. The van der Waals surface area contributed by atoms with Crippen LogP contribution in [0.2, 0.25) is 0 Å². The van der Waals surface area contributed by atoms with Crippen LogP contribution in [-0.4, -0.2) is 41.8 Å². The van der Waals surface area contributed by atoms with Crippen LogP contribution in [0.4, 0.5) is 4.79 Å². The van der Waals surface area contributed by atoms with E-state index < -0.39 is 18.0 Å². The van der Waals surface area contributed by atoms with Crippen molar-refractivity contribution in [1.82, 2.24) is 10.6 Å². The van der Waals surface area contributed by atoms with E-state index in [0.29, 0.717) is 19.3 Å². The van der Waals surface area contributed by atoms with Crippen LogP contribution >= 0.6 is 0 Å². The van der Waals surface area contributed by atoms with Gasteiger partial charge in [0.25, 0.3) is 0 Å². The molecule has 0 heterocycles. The molecule has 3 N–H and O–H groups in total. The van der Waals surface area contributed by atoms with Crippen LogP contribution in [0.5, 0.6) is 0 Å². The zero-order chi connectivity index (χ0) is 24.1. The van der Waals surface area contributed by atoms with Gasteiger partial charge >= 0.3 is 12.1 Å². The van der Waals surface area contributed by atoms with E-state index in [9.17, 15) is 19.5 Å². The molecule has 3 atom stereocenters. The molecule has 0 bridgehead atoms. The van der Waals surface area contributed by atoms with Crippen LogP contribution in [0.25, 0.3) is 11.1 Å². The van der Waals surface area contributed by atoms with E-state index in [-0.39, 0.29) is 36.9 Å². The minimum Gasteiger partial charge on any atom is -0.481 e. The monoisotopic (exact) mass is 464 g/mol. The van der Waals surface area contributed by atoms with Gasteiger partial charge in [-0.1, -0.05) is 68.3 Å². The Labute approximate surface area is 199 Å². The maximum Gasteiger partial charge on any atom is 0.407 e. The molecule has 0 spiro atoms. The number of carbonyl (C=O) groups is 3. The topological polar surface area (TPSA) is 105 Å². The lowest BCUT2D eigenvalue weighted by atomic mass is 9.98. The number of ether oxygens (including phenoxy) is 1. The van der Waals surface area contributed by atoms with Gasteiger partial charge in [-0.05, 0) is 41.5 Å². The fourth-order valence-corrected chi connectivity index (χ4v) is 5.30. The van der Waals surface area contributed by atoms with Gasteiger partial charge in [-0.25, -0.2) is 4.79 Å². The number of hydrogen-bond acceptors (Lipinski definition) is 4. The number of fused-ring (bicyclic) bond motifs is 3. The zero-order valence-corrected chi connectivity index (χ0v) is 19.5. The van der Waals surface area contributed by atoms with Crippen LogP contribution in [0.15, 0.2) is 48.5 Å². The Morgan fingerprint density at radius 2 is 1.68 bits per heavy atom. The van der Waals surface area contributed by atoms with Gasteiger partial charge in [0.15, 0.2) is 0 Å². The van der Waals surface area contributed by atoms with E-state index in [2.05, 4.69) is 34.9 Å². The maximum absolute atomic E-state index is 12.6. The highest BCUT2D eigenvalue weighted by atomic mass is 16.5. The molecule has 7 nitrogen and oxygen atoms in total. The molecule has 2 aliphatic rings. The maximum atomic E-state index is 12.6. The molecule has 3 unspecified atom stereocenters. The van der Waals surface area contributed by atoms with Gasteiger partial charge in [0.1, 0.15) is 6.61 Å². The lowest BCUT2D eigenvalue weighted by Crippen LogP contribution is -2.44. The van der Waals surface area contributed by atoms with Crippen LogP contribution in [-0.2, 0) is 14.3 Å². The SMILES string of the molecule is CCCC(CC(=O)NC1CCCC1C(=O)O)NC(=O)OCC1c2ccccc2-c2ccccc21. The Bertz CT molecular complexity index is 1010. The predicted octanol–water partition coefficient (Wildman–Crippen LogP) is 4.45. The standard InChI is InChI=1S/C27H32N2O5/c1-2-8-17(15-25(30)29-24-14-7-13-22(24)26(31)32)28-27(33)34-16-23-20-11-5-3-9-18(20)19-10-4-6-12-21(19)23/h3-6,9-12,17,22-24H,2,7-8,13-16H2,1H3,(H,28,33)(H,29,30)(H,31,32). The molecule has 7 heteroatoms. The van der Waals surface area contributed by atoms with Gasteiger partial charge < -0.3 is 20.5 Å². The third kappa shape index (κ3) is 5.24. The van der Waals surface area contributed by atoms with E-state index in [0.717, 1.165) is 24.0 Å². The summed E-state index contributed by atoms with van der Waals surface area (Å²) < 4.78 is 5.62. The largest absolute Gasteiger partial charge is 0.481 e. The summed E-state index contributed by atoms with van der Waals surface area (Å²) in [5.74, 6) is -1.68. The molecular weight excluding hydrogens is 432 g/mol. The van der Waals surface area contributed by atoms with E-state index in [4.69, 9.17) is 4.74 Å². The van der Waals surface area contributed by atoms with E-state index >= 15 is 0 Å². The minimum absolute atomic E-state index is 0.0265. The summed E-state index contributed by atoms with van der Waals surface area (Å²) in [5, 5.41) is 15.0. The van der Waals surface area contributed by atoms with Crippen molar-refractivity contribution in [2.45, 2.75) is 63.5 Å². The fourth-order valence-electron chi connectivity index (χ4n) is 5.30. The lowest BCUT2D eigenvalue weighted by molar-refractivity contribution is -0.142. The van der Waals surface area contributed by atoms with Gasteiger partial charge in [-0.3, -0.25) is 9.59 Å². The van der Waals surface area contributed by atoms with Crippen LogP contribution in [0.3, 0.4) is 0 Å². The lowest BCUT2D eigenvalue weighted by Gasteiger charge is -2.22. The number of amides is 2. The summed E-state index contributed by atoms with van der Waals surface area (Å²) in [5.41, 5.74) is 4.62. The third-order valence-corrected chi connectivity index (χ3v) is 6.91. The number of aliphatic carboxylic acids is 1. The first-order valence-corrected chi connectivity index (χ1v) is 12.1. The van der Waals surface area contributed by atoms with Crippen molar-refractivity contribution < 1.29 is 24.2 Å². The van der Waals surface area contributed by atoms with Gasteiger partial charge in [0.05, 0.1) is 5.92 Å². The number of nitrogens with one attached hydrogen (secondary N) is 2. The average molecular weight is 465 g/mol. The first-order valence-electron chi connectivity index (χ1n) is 12.1. The summed E-state index contributed by atoms with van der Waals surface area (Å²) in [6, 6.07) is 15.6. The molecule has 2 amide bonds. The van der Waals surface area contributed by atoms with Crippen molar-refractivity contribution >= 4 is 18.0 Å². The summed E-state index contributed by atoms with van der Waals surface area (Å²) in [4.78, 5) is 36.6. The van der Waals surface area contributed by atoms with Crippen LogP contribution in [0.1, 0.15) is 62.5 Å². The number of alkyl carbamates (subject to hydrolysis) is 1. The number of hydrogen-bond donors (Lipinski definition) is 3. The second kappa shape index (κ2) is 10.7. The highest BCUT2D eigenvalue weighted by Crippen LogP contribution is 2.44. The number of carbonyl (C=O) groups excluding carboxylic acids is 2.